The Hall–Kier alpha value is -2.64. The van der Waals surface area contributed by atoms with Gasteiger partial charge in [-0.05, 0) is 69.4 Å². The van der Waals surface area contributed by atoms with Gasteiger partial charge in [0.2, 0.25) is 17.6 Å². The van der Waals surface area contributed by atoms with Gasteiger partial charge in [-0.3, -0.25) is 23.5 Å². The van der Waals surface area contributed by atoms with Crippen molar-refractivity contribution >= 4 is 42.4 Å². The number of thiol groups is 1. The van der Waals surface area contributed by atoms with Gasteiger partial charge in [-0.2, -0.15) is 0 Å². The molecule has 0 radical (unpaired) electrons. The fourth-order valence-electron chi connectivity index (χ4n) is 6.92. The molecule has 0 aromatic rings. The van der Waals surface area contributed by atoms with Gasteiger partial charge in [0.25, 0.3) is 5.91 Å². The van der Waals surface area contributed by atoms with Gasteiger partial charge < -0.3 is 31.5 Å². The minimum Gasteiger partial charge on any atom is -0.346 e. The molecule has 48 heavy (non-hydrogen) atoms. The SMILES string of the molecule is C=CCNC(=O)C(=O)C(CC1CCC1)NC(=O)[C@@H]1CCCN1C(=O)[C@@H](NC(=O)N[C@H](CN(S)CCCNC)C(C)(C)C)C1CCCCC1. The molecule has 1 heterocycles. The first kappa shape index (κ1) is 39.8. The fraction of sp³-hybridized carbons (Fsp3) is 0.800. The van der Waals surface area contributed by atoms with E-state index >= 15 is 0 Å². The van der Waals surface area contributed by atoms with E-state index in [-0.39, 0.29) is 35.7 Å². The van der Waals surface area contributed by atoms with Crippen LogP contribution >= 0.6 is 12.8 Å². The van der Waals surface area contributed by atoms with Crippen LogP contribution in [0.2, 0.25) is 0 Å². The Morgan fingerprint density at radius 1 is 0.958 bits per heavy atom. The number of urea groups is 1. The Balaban J connectivity index is 1.73. The topological polar surface area (TPSA) is 152 Å². The maximum atomic E-state index is 14.3. The lowest BCUT2D eigenvalue weighted by atomic mass is 9.80. The molecule has 1 saturated heterocycles. The molecule has 2 saturated carbocycles. The molecule has 0 bridgehead atoms. The number of rotatable bonds is 18. The van der Waals surface area contributed by atoms with Crippen molar-refractivity contribution in [2.75, 3.05) is 39.8 Å². The molecule has 3 fully saturated rings. The van der Waals surface area contributed by atoms with E-state index in [9.17, 15) is 24.0 Å². The van der Waals surface area contributed by atoms with Crippen LogP contribution in [0.4, 0.5) is 4.79 Å². The number of carbonyl (C=O) groups excluding carboxylic acids is 5. The summed E-state index contributed by atoms with van der Waals surface area (Å²) >= 11 is 4.65. The zero-order valence-electron chi connectivity index (χ0n) is 29.7. The molecule has 5 amide bonds. The van der Waals surface area contributed by atoms with Crippen LogP contribution in [-0.4, -0.2) is 103 Å². The Morgan fingerprint density at radius 2 is 1.67 bits per heavy atom. The molecule has 12 nitrogen and oxygen atoms in total. The van der Waals surface area contributed by atoms with E-state index in [2.05, 4.69) is 66.7 Å². The first-order valence-corrected chi connectivity index (χ1v) is 18.4. The van der Waals surface area contributed by atoms with Gasteiger partial charge in [0, 0.05) is 32.2 Å². The van der Waals surface area contributed by atoms with Gasteiger partial charge in [0.15, 0.2) is 0 Å². The van der Waals surface area contributed by atoms with E-state index in [4.69, 9.17) is 0 Å². The fourth-order valence-corrected chi connectivity index (χ4v) is 7.22. The smallest absolute Gasteiger partial charge is 0.315 e. The maximum absolute atomic E-state index is 14.3. The minimum atomic E-state index is -0.956. The normalized spacial score (nSPS) is 20.7. The number of nitrogens with zero attached hydrogens (tertiary/aromatic N) is 2. The van der Waals surface area contributed by atoms with Crippen molar-refractivity contribution in [3.63, 3.8) is 0 Å². The molecule has 3 aliphatic rings. The second-order valence-corrected chi connectivity index (χ2v) is 15.5. The number of hydrogen-bond donors (Lipinski definition) is 6. The predicted molar refractivity (Wildman–Crippen MR) is 191 cm³/mol. The Bertz CT molecular complexity index is 1110. The summed E-state index contributed by atoms with van der Waals surface area (Å²) in [5.41, 5.74) is -0.264. The highest BCUT2D eigenvalue weighted by Crippen LogP contribution is 2.32. The van der Waals surface area contributed by atoms with Crippen molar-refractivity contribution in [2.45, 2.75) is 122 Å². The van der Waals surface area contributed by atoms with Gasteiger partial charge in [-0.25, -0.2) is 4.79 Å². The van der Waals surface area contributed by atoms with Crippen molar-refractivity contribution in [3.8, 4) is 0 Å². The Kier molecular flexibility index (Phi) is 16.2. The zero-order chi connectivity index (χ0) is 35.3. The van der Waals surface area contributed by atoms with Gasteiger partial charge in [-0.15, -0.1) is 6.58 Å². The molecule has 1 aliphatic heterocycles. The van der Waals surface area contributed by atoms with Crippen molar-refractivity contribution in [3.05, 3.63) is 12.7 Å². The minimum absolute atomic E-state index is 0.0428. The molecule has 13 heteroatoms. The van der Waals surface area contributed by atoms with Crippen molar-refractivity contribution in [2.24, 2.45) is 17.3 Å². The highest BCUT2D eigenvalue weighted by molar-refractivity contribution is 7.77. The number of Topliss-reactive ketones (excluding diaryl/α,β-unsaturated/α-hetero) is 1. The quantitative estimate of drug-likeness (QED) is 0.0560. The summed E-state index contributed by atoms with van der Waals surface area (Å²) in [5.74, 6) is -1.90. The average molecular weight is 692 g/mol. The molecule has 5 N–H and O–H groups in total. The molecular formula is C35H61N7O5S. The molecule has 0 spiro atoms. The maximum Gasteiger partial charge on any atom is 0.315 e. The van der Waals surface area contributed by atoms with E-state index in [1.807, 2.05) is 11.4 Å². The molecule has 3 rings (SSSR count). The molecular weight excluding hydrogens is 630 g/mol. The molecule has 1 unspecified atom stereocenters. The third kappa shape index (κ3) is 12.0. The summed E-state index contributed by atoms with van der Waals surface area (Å²) in [6.45, 7) is 12.5. The second kappa shape index (κ2) is 19.5. The summed E-state index contributed by atoms with van der Waals surface area (Å²) < 4.78 is 1.91. The number of amides is 5. The summed E-state index contributed by atoms with van der Waals surface area (Å²) in [5, 5.41) is 14.7. The molecule has 0 aromatic heterocycles. The van der Waals surface area contributed by atoms with Crippen LogP contribution < -0.4 is 26.6 Å². The summed E-state index contributed by atoms with van der Waals surface area (Å²) in [6.07, 6.45) is 11.6. The van der Waals surface area contributed by atoms with Crippen molar-refractivity contribution in [1.29, 1.82) is 0 Å². The number of carbonyl (C=O) groups is 5. The molecule has 2 aliphatic carbocycles. The standard InChI is InChI=1S/C35H61N7O5S/c1-6-18-37-32(45)30(43)26(22-24-13-10-14-24)38-31(44)27-17-11-21-42(27)33(46)29(25-15-8-7-9-16-25)40-34(47)39-28(35(2,3)4)23-41(48)20-12-19-36-5/h6,24-29,36,48H,1,7-23H2,2-5H3,(H,37,45)(H,38,44)(H2,39,40,47)/t26?,27-,28+,29-/m0/s1. The van der Waals surface area contributed by atoms with Crippen LogP contribution in [0.5, 0.6) is 0 Å². The van der Waals surface area contributed by atoms with Crippen LogP contribution in [0.15, 0.2) is 12.7 Å². The first-order chi connectivity index (χ1) is 22.8. The van der Waals surface area contributed by atoms with E-state index in [1.165, 1.54) is 6.08 Å². The van der Waals surface area contributed by atoms with E-state index in [0.29, 0.717) is 32.4 Å². The number of hydrogen-bond acceptors (Lipinski definition) is 8. The molecule has 0 aromatic carbocycles. The Labute approximate surface area is 293 Å². The lowest BCUT2D eigenvalue weighted by Gasteiger charge is -2.37. The lowest BCUT2D eigenvalue weighted by molar-refractivity contribution is -0.143. The second-order valence-electron chi connectivity index (χ2n) is 14.9. The highest BCUT2D eigenvalue weighted by atomic mass is 32.1. The zero-order valence-corrected chi connectivity index (χ0v) is 30.5. The number of nitrogens with one attached hydrogen (secondary N) is 5. The van der Waals surface area contributed by atoms with Crippen molar-refractivity contribution in [1.82, 2.24) is 35.8 Å². The lowest BCUT2D eigenvalue weighted by Crippen LogP contribution is -2.60. The summed E-state index contributed by atoms with van der Waals surface area (Å²) in [6, 6.07) is -3.15. The first-order valence-electron chi connectivity index (χ1n) is 18.0. The van der Waals surface area contributed by atoms with E-state index in [1.54, 1.807) is 4.90 Å². The Morgan fingerprint density at radius 3 is 2.27 bits per heavy atom. The summed E-state index contributed by atoms with van der Waals surface area (Å²) in [4.78, 5) is 68.9. The highest BCUT2D eigenvalue weighted by Gasteiger charge is 2.42. The van der Waals surface area contributed by atoms with E-state index < -0.39 is 41.8 Å². The van der Waals surface area contributed by atoms with Crippen LogP contribution in [0.1, 0.15) is 97.8 Å². The largest absolute Gasteiger partial charge is 0.346 e. The number of likely N-dealkylation sites (tertiary alicyclic amines) is 1. The van der Waals surface area contributed by atoms with Gasteiger partial charge in [0.05, 0.1) is 6.04 Å². The van der Waals surface area contributed by atoms with Crippen LogP contribution in [0, 0.1) is 17.3 Å². The summed E-state index contributed by atoms with van der Waals surface area (Å²) in [7, 11) is 1.91. The van der Waals surface area contributed by atoms with Crippen LogP contribution in [0.3, 0.4) is 0 Å². The average Bonchev–Trinajstić information content (AvgIpc) is 3.53. The monoisotopic (exact) mass is 691 g/mol. The van der Waals surface area contributed by atoms with Crippen LogP contribution in [-0.2, 0) is 19.2 Å². The predicted octanol–water partition coefficient (Wildman–Crippen LogP) is 2.94. The van der Waals surface area contributed by atoms with Gasteiger partial charge >= 0.3 is 6.03 Å². The molecule has 272 valence electrons. The third-order valence-electron chi connectivity index (χ3n) is 10.2. The van der Waals surface area contributed by atoms with Gasteiger partial charge in [0.1, 0.15) is 12.1 Å². The van der Waals surface area contributed by atoms with Gasteiger partial charge in [-0.1, -0.05) is 78.2 Å². The van der Waals surface area contributed by atoms with Crippen LogP contribution in [0.25, 0.3) is 0 Å². The molecule has 4 atom stereocenters. The third-order valence-corrected chi connectivity index (χ3v) is 10.5. The number of ketones is 1. The van der Waals surface area contributed by atoms with E-state index in [0.717, 1.165) is 70.9 Å². The van der Waals surface area contributed by atoms with Crippen molar-refractivity contribution < 1.29 is 24.0 Å².